The molecule has 1 heterocycles. The summed E-state index contributed by atoms with van der Waals surface area (Å²) >= 11 is 0. The van der Waals surface area contributed by atoms with Gasteiger partial charge in [0.25, 0.3) is 0 Å². The van der Waals surface area contributed by atoms with Gasteiger partial charge in [-0.15, -0.1) is 0 Å². The van der Waals surface area contributed by atoms with Gasteiger partial charge < -0.3 is 15.0 Å². The number of aromatic nitrogens is 2. The Balaban J connectivity index is 1.94. The smallest absolute Gasteiger partial charge is 0.205 e. The standard InChI is InChI=1S/C14H13N3O/c1-18-11-7-8-12-13(9-11)17-14(16-12)15-10-5-3-2-4-6-10/h2-9H,1H3,(H2,15,16,17). The highest BCUT2D eigenvalue weighted by Gasteiger charge is 2.03. The van der Waals surface area contributed by atoms with E-state index in [1.54, 1.807) is 7.11 Å². The fourth-order valence-corrected chi connectivity index (χ4v) is 1.83. The van der Waals surface area contributed by atoms with E-state index in [2.05, 4.69) is 15.3 Å². The lowest BCUT2D eigenvalue weighted by Crippen LogP contribution is -1.90. The van der Waals surface area contributed by atoms with Crippen LogP contribution in [0.1, 0.15) is 0 Å². The highest BCUT2D eigenvalue weighted by atomic mass is 16.5. The second-order valence-corrected chi connectivity index (χ2v) is 3.96. The molecular weight excluding hydrogens is 226 g/mol. The number of benzene rings is 2. The molecule has 0 saturated heterocycles. The average molecular weight is 239 g/mol. The van der Waals surface area contributed by atoms with Crippen molar-refractivity contribution in [2.45, 2.75) is 0 Å². The first kappa shape index (κ1) is 10.7. The van der Waals surface area contributed by atoms with E-state index in [1.807, 2.05) is 48.5 Å². The Kier molecular flexibility index (Phi) is 2.61. The predicted octanol–water partition coefficient (Wildman–Crippen LogP) is 3.32. The second-order valence-electron chi connectivity index (χ2n) is 3.96. The molecule has 0 aliphatic carbocycles. The Hall–Kier alpha value is -2.49. The minimum atomic E-state index is 0.726. The number of para-hydroxylation sites is 1. The van der Waals surface area contributed by atoms with Crippen LogP contribution in [-0.2, 0) is 0 Å². The summed E-state index contributed by atoms with van der Waals surface area (Å²) in [5.41, 5.74) is 2.87. The normalized spacial score (nSPS) is 10.5. The number of nitrogens with zero attached hydrogens (tertiary/aromatic N) is 1. The zero-order chi connectivity index (χ0) is 12.4. The van der Waals surface area contributed by atoms with Crippen molar-refractivity contribution < 1.29 is 4.74 Å². The molecular formula is C14H13N3O. The first-order valence-electron chi connectivity index (χ1n) is 5.71. The Morgan fingerprint density at radius 1 is 1.11 bits per heavy atom. The maximum absolute atomic E-state index is 5.18. The number of anilines is 2. The molecule has 0 radical (unpaired) electrons. The number of fused-ring (bicyclic) bond motifs is 1. The van der Waals surface area contributed by atoms with Crippen LogP contribution in [0.2, 0.25) is 0 Å². The number of imidazole rings is 1. The zero-order valence-corrected chi connectivity index (χ0v) is 9.97. The highest BCUT2D eigenvalue weighted by molar-refractivity contribution is 5.79. The van der Waals surface area contributed by atoms with Crippen LogP contribution >= 0.6 is 0 Å². The molecule has 4 nitrogen and oxygen atoms in total. The van der Waals surface area contributed by atoms with Crippen LogP contribution in [-0.4, -0.2) is 17.1 Å². The molecule has 0 spiro atoms. The lowest BCUT2D eigenvalue weighted by Gasteiger charge is -2.00. The number of ether oxygens (including phenoxy) is 1. The van der Waals surface area contributed by atoms with E-state index in [0.717, 1.165) is 28.4 Å². The summed E-state index contributed by atoms with van der Waals surface area (Å²) < 4.78 is 5.18. The predicted molar refractivity (Wildman–Crippen MR) is 72.4 cm³/mol. The minimum Gasteiger partial charge on any atom is -0.497 e. The molecule has 3 aromatic rings. The molecule has 18 heavy (non-hydrogen) atoms. The number of rotatable bonds is 3. The van der Waals surface area contributed by atoms with Crippen molar-refractivity contribution in [3.05, 3.63) is 48.5 Å². The summed E-state index contributed by atoms with van der Waals surface area (Å²) in [6.45, 7) is 0. The first-order valence-corrected chi connectivity index (χ1v) is 5.71. The molecule has 0 aliphatic heterocycles. The number of aromatic amines is 1. The molecule has 90 valence electrons. The van der Waals surface area contributed by atoms with Crippen LogP contribution < -0.4 is 10.1 Å². The van der Waals surface area contributed by atoms with E-state index in [1.165, 1.54) is 0 Å². The van der Waals surface area contributed by atoms with Crippen molar-refractivity contribution in [1.82, 2.24) is 9.97 Å². The third kappa shape index (κ3) is 2.00. The fourth-order valence-electron chi connectivity index (χ4n) is 1.83. The van der Waals surface area contributed by atoms with Crippen molar-refractivity contribution in [2.24, 2.45) is 0 Å². The summed E-state index contributed by atoms with van der Waals surface area (Å²) in [5, 5.41) is 3.22. The largest absolute Gasteiger partial charge is 0.497 e. The molecule has 4 heteroatoms. The Labute approximate surface area is 105 Å². The van der Waals surface area contributed by atoms with E-state index in [4.69, 9.17) is 4.74 Å². The number of nitrogens with one attached hydrogen (secondary N) is 2. The Morgan fingerprint density at radius 2 is 1.94 bits per heavy atom. The number of H-pyrrole nitrogens is 1. The van der Waals surface area contributed by atoms with E-state index < -0.39 is 0 Å². The van der Waals surface area contributed by atoms with Gasteiger partial charge >= 0.3 is 0 Å². The molecule has 2 aromatic carbocycles. The van der Waals surface area contributed by atoms with Crippen molar-refractivity contribution >= 4 is 22.7 Å². The van der Waals surface area contributed by atoms with Gasteiger partial charge in [-0.1, -0.05) is 18.2 Å². The van der Waals surface area contributed by atoms with Crippen LogP contribution in [0.4, 0.5) is 11.6 Å². The lowest BCUT2D eigenvalue weighted by molar-refractivity contribution is 0.415. The molecule has 0 bridgehead atoms. The van der Waals surface area contributed by atoms with E-state index in [0.29, 0.717) is 0 Å². The average Bonchev–Trinajstić information content (AvgIpc) is 2.80. The first-order chi connectivity index (χ1) is 8.85. The monoisotopic (exact) mass is 239 g/mol. The fraction of sp³-hybridized carbons (Fsp3) is 0.0714. The summed E-state index contributed by atoms with van der Waals surface area (Å²) in [5.74, 6) is 1.54. The highest BCUT2D eigenvalue weighted by Crippen LogP contribution is 2.21. The van der Waals surface area contributed by atoms with Gasteiger partial charge in [-0.25, -0.2) is 4.98 Å². The van der Waals surface area contributed by atoms with Crippen LogP contribution in [0.3, 0.4) is 0 Å². The minimum absolute atomic E-state index is 0.726. The van der Waals surface area contributed by atoms with E-state index in [-0.39, 0.29) is 0 Å². The van der Waals surface area contributed by atoms with Crippen molar-refractivity contribution in [2.75, 3.05) is 12.4 Å². The molecule has 0 saturated carbocycles. The summed E-state index contributed by atoms with van der Waals surface area (Å²) in [7, 11) is 1.65. The van der Waals surface area contributed by atoms with Crippen molar-refractivity contribution in [3.63, 3.8) is 0 Å². The van der Waals surface area contributed by atoms with Gasteiger partial charge in [0.2, 0.25) is 5.95 Å². The number of hydrogen-bond donors (Lipinski definition) is 2. The Morgan fingerprint density at radius 3 is 2.72 bits per heavy atom. The number of hydrogen-bond acceptors (Lipinski definition) is 3. The van der Waals surface area contributed by atoms with Crippen LogP contribution in [0.15, 0.2) is 48.5 Å². The third-order valence-electron chi connectivity index (χ3n) is 2.73. The van der Waals surface area contributed by atoms with E-state index >= 15 is 0 Å². The van der Waals surface area contributed by atoms with Gasteiger partial charge in [0, 0.05) is 11.8 Å². The quantitative estimate of drug-likeness (QED) is 0.737. The van der Waals surface area contributed by atoms with Gasteiger partial charge in [-0.3, -0.25) is 0 Å². The maximum Gasteiger partial charge on any atom is 0.205 e. The molecule has 1 aromatic heterocycles. The Bertz CT molecular complexity index is 661. The maximum atomic E-state index is 5.18. The van der Waals surface area contributed by atoms with Gasteiger partial charge in [0.15, 0.2) is 0 Å². The lowest BCUT2D eigenvalue weighted by atomic mass is 10.3. The van der Waals surface area contributed by atoms with Crippen LogP contribution in [0.5, 0.6) is 5.75 Å². The van der Waals surface area contributed by atoms with Crippen molar-refractivity contribution in [3.8, 4) is 5.75 Å². The second kappa shape index (κ2) is 4.41. The van der Waals surface area contributed by atoms with E-state index in [9.17, 15) is 0 Å². The van der Waals surface area contributed by atoms with Gasteiger partial charge in [0.05, 0.1) is 18.1 Å². The topological polar surface area (TPSA) is 49.9 Å². The molecule has 0 amide bonds. The van der Waals surface area contributed by atoms with Crippen LogP contribution in [0, 0.1) is 0 Å². The van der Waals surface area contributed by atoms with Crippen LogP contribution in [0.25, 0.3) is 11.0 Å². The molecule has 0 aliphatic rings. The van der Waals surface area contributed by atoms with Gasteiger partial charge in [0.1, 0.15) is 5.75 Å². The number of methoxy groups -OCH3 is 1. The SMILES string of the molecule is COc1ccc2nc(Nc3ccccc3)[nH]c2c1. The molecule has 2 N–H and O–H groups in total. The molecule has 0 atom stereocenters. The van der Waals surface area contributed by atoms with Gasteiger partial charge in [-0.05, 0) is 24.3 Å². The third-order valence-corrected chi connectivity index (χ3v) is 2.73. The molecule has 0 fully saturated rings. The summed E-state index contributed by atoms with van der Waals surface area (Å²) in [6.07, 6.45) is 0. The zero-order valence-electron chi connectivity index (χ0n) is 9.97. The van der Waals surface area contributed by atoms with Gasteiger partial charge in [-0.2, -0.15) is 0 Å². The van der Waals surface area contributed by atoms with Crippen molar-refractivity contribution in [1.29, 1.82) is 0 Å². The summed E-state index contributed by atoms with van der Waals surface area (Å²) in [4.78, 5) is 7.68. The summed E-state index contributed by atoms with van der Waals surface area (Å²) in [6, 6.07) is 15.7. The molecule has 3 rings (SSSR count). The molecule has 0 unspecified atom stereocenters.